The van der Waals surface area contributed by atoms with E-state index in [2.05, 4.69) is 10.2 Å². The van der Waals surface area contributed by atoms with Gasteiger partial charge in [0.25, 0.3) is 11.8 Å². The molecule has 3 amide bonds. The third-order valence-corrected chi connectivity index (χ3v) is 4.60. The number of hydroxylamine groups is 2. The molecule has 0 aromatic heterocycles. The van der Waals surface area contributed by atoms with E-state index in [1.807, 2.05) is 0 Å². The molecule has 10 nitrogen and oxygen atoms in total. The number of carboxylic acids is 1. The van der Waals surface area contributed by atoms with Gasteiger partial charge in [-0.2, -0.15) is 0 Å². The summed E-state index contributed by atoms with van der Waals surface area (Å²) in [6, 6.07) is 4.06. The topological polar surface area (TPSA) is 150 Å². The molecule has 0 atom stereocenters. The highest BCUT2D eigenvalue weighted by molar-refractivity contribution is 6.03. The van der Waals surface area contributed by atoms with Gasteiger partial charge in [-0.1, -0.05) is 25.3 Å². The van der Waals surface area contributed by atoms with Gasteiger partial charge in [0.05, 0.1) is 5.56 Å². The lowest BCUT2D eigenvalue weighted by Gasteiger charge is -2.13. The number of benzene rings is 1. The first-order valence-electron chi connectivity index (χ1n) is 9.71. The number of hydrogen-bond acceptors (Lipinski definition) is 7. The quantitative estimate of drug-likeness (QED) is 0.280. The zero-order valence-electron chi connectivity index (χ0n) is 16.4. The summed E-state index contributed by atoms with van der Waals surface area (Å²) in [6.45, 7) is 0.323. The van der Waals surface area contributed by atoms with E-state index >= 15 is 0 Å². The number of nitrogens with one attached hydrogen (secondary N) is 1. The Hall–Kier alpha value is -3.43. The normalized spacial score (nSPS) is 13.4. The number of carbonyl (C=O) groups is 5. The van der Waals surface area contributed by atoms with Crippen LogP contribution >= 0.6 is 0 Å². The van der Waals surface area contributed by atoms with E-state index < -0.39 is 29.6 Å². The van der Waals surface area contributed by atoms with E-state index in [1.165, 1.54) is 18.2 Å². The van der Waals surface area contributed by atoms with Gasteiger partial charge in [-0.25, -0.2) is 9.59 Å². The predicted octanol–water partition coefficient (Wildman–Crippen LogP) is 2.40. The molecule has 1 aliphatic rings. The fourth-order valence-electron chi connectivity index (χ4n) is 2.98. The third kappa shape index (κ3) is 6.29. The summed E-state index contributed by atoms with van der Waals surface area (Å²) in [7, 11) is 0. The van der Waals surface area contributed by atoms with Gasteiger partial charge in [-0.05, 0) is 25.0 Å². The van der Waals surface area contributed by atoms with Crippen LogP contribution in [0.2, 0.25) is 0 Å². The maximum atomic E-state index is 12.2. The van der Waals surface area contributed by atoms with Crippen molar-refractivity contribution < 1.29 is 39.0 Å². The number of rotatable bonds is 11. The number of hydrogen-bond donors (Lipinski definition) is 3. The lowest BCUT2D eigenvalue weighted by Crippen LogP contribution is -2.37. The molecule has 1 aliphatic heterocycles. The number of unbranched alkanes of at least 4 members (excludes halogenated alkanes) is 4. The number of aromatic hydroxyl groups is 1. The van der Waals surface area contributed by atoms with Crippen molar-refractivity contribution in [2.75, 3.05) is 6.54 Å². The highest BCUT2D eigenvalue weighted by Crippen LogP contribution is 2.24. The fraction of sp³-hybridized carbons (Fsp3) is 0.450. The summed E-state index contributed by atoms with van der Waals surface area (Å²) in [5.41, 5.74) is -0.294. The Morgan fingerprint density at radius 3 is 2.23 bits per heavy atom. The van der Waals surface area contributed by atoms with Gasteiger partial charge in [0.2, 0.25) is 0 Å². The molecule has 2 rings (SSSR count). The van der Waals surface area contributed by atoms with Crippen molar-refractivity contribution in [2.24, 2.45) is 0 Å². The van der Waals surface area contributed by atoms with Crippen molar-refractivity contribution in [3.8, 4) is 5.75 Å². The number of para-hydroxylation sites is 1. The second kappa shape index (κ2) is 10.9. The van der Waals surface area contributed by atoms with Crippen LogP contribution in [0.1, 0.15) is 72.1 Å². The standard InChI is InChI=1S/C20H24N2O8/c23-15(13-7-6-8-14(18(13)26)19(27)28)9-4-2-1-3-5-12-21-20(29)30-22-16(24)10-11-17(22)25/h6-8,26H,1-5,9-12H2,(H,21,29)(H,27,28). The lowest BCUT2D eigenvalue weighted by atomic mass is 10.0. The second-order valence-electron chi connectivity index (χ2n) is 6.84. The molecule has 0 aliphatic carbocycles. The van der Waals surface area contributed by atoms with Gasteiger partial charge in [-0.3, -0.25) is 14.4 Å². The molecule has 1 fully saturated rings. The molecular formula is C20H24N2O8. The minimum atomic E-state index is -1.29. The first-order valence-corrected chi connectivity index (χ1v) is 9.71. The summed E-state index contributed by atoms with van der Waals surface area (Å²) in [4.78, 5) is 62.1. The van der Waals surface area contributed by atoms with Crippen molar-refractivity contribution in [1.29, 1.82) is 0 Å². The van der Waals surface area contributed by atoms with Gasteiger partial charge < -0.3 is 20.4 Å². The molecule has 0 bridgehead atoms. The number of ketones is 1. The second-order valence-corrected chi connectivity index (χ2v) is 6.84. The smallest absolute Gasteiger partial charge is 0.432 e. The van der Waals surface area contributed by atoms with Crippen molar-refractivity contribution in [1.82, 2.24) is 10.4 Å². The zero-order valence-corrected chi connectivity index (χ0v) is 16.4. The Bertz CT molecular complexity index is 820. The molecule has 1 aromatic rings. The summed E-state index contributed by atoms with van der Waals surface area (Å²) in [6.07, 6.45) is 3.03. The Morgan fingerprint density at radius 2 is 1.57 bits per heavy atom. The number of Topliss-reactive ketones (excluding diaryl/α,β-unsaturated/α-hetero) is 1. The van der Waals surface area contributed by atoms with E-state index in [1.54, 1.807) is 0 Å². The number of carboxylic acid groups (broad SMARTS) is 1. The maximum Gasteiger partial charge on any atom is 0.432 e. The van der Waals surface area contributed by atoms with Gasteiger partial charge in [-0.15, -0.1) is 5.06 Å². The SMILES string of the molecule is O=C(NCCCCCCCC(=O)c1cccc(C(=O)O)c1O)ON1C(=O)CCC1=O. The van der Waals surface area contributed by atoms with Crippen LogP contribution in [-0.2, 0) is 14.4 Å². The molecule has 0 spiro atoms. The first kappa shape index (κ1) is 22.9. The highest BCUT2D eigenvalue weighted by Gasteiger charge is 2.32. The molecule has 162 valence electrons. The number of carbonyl (C=O) groups excluding carboxylic acids is 4. The van der Waals surface area contributed by atoms with E-state index in [0.29, 0.717) is 24.4 Å². The molecule has 0 radical (unpaired) electrons. The van der Waals surface area contributed by atoms with E-state index in [0.717, 1.165) is 19.3 Å². The Kier molecular flexibility index (Phi) is 8.33. The van der Waals surface area contributed by atoms with Gasteiger partial charge in [0.15, 0.2) is 5.78 Å². The molecule has 30 heavy (non-hydrogen) atoms. The molecule has 0 unspecified atom stereocenters. The first-order chi connectivity index (χ1) is 14.3. The lowest BCUT2D eigenvalue weighted by molar-refractivity contribution is -0.171. The maximum absolute atomic E-state index is 12.2. The van der Waals surface area contributed by atoms with Crippen LogP contribution in [0.3, 0.4) is 0 Å². The Balaban J connectivity index is 1.57. The van der Waals surface area contributed by atoms with Gasteiger partial charge in [0.1, 0.15) is 11.3 Å². The van der Waals surface area contributed by atoms with Crippen molar-refractivity contribution in [3.05, 3.63) is 29.3 Å². The van der Waals surface area contributed by atoms with Crippen LogP contribution in [-0.4, -0.2) is 51.5 Å². The molecule has 0 saturated carbocycles. The van der Waals surface area contributed by atoms with Crippen molar-refractivity contribution in [2.45, 2.75) is 51.4 Å². The Morgan fingerprint density at radius 1 is 0.967 bits per heavy atom. The van der Waals surface area contributed by atoms with Crippen LogP contribution in [0.15, 0.2) is 18.2 Å². The summed E-state index contributed by atoms with van der Waals surface area (Å²) in [5, 5.41) is 21.8. The zero-order chi connectivity index (χ0) is 22.1. The third-order valence-electron chi connectivity index (χ3n) is 4.60. The molecule has 3 N–H and O–H groups in total. The van der Waals surface area contributed by atoms with E-state index in [-0.39, 0.29) is 36.2 Å². The minimum Gasteiger partial charge on any atom is -0.506 e. The average Bonchev–Trinajstić information content (AvgIpc) is 3.01. The van der Waals surface area contributed by atoms with Gasteiger partial charge >= 0.3 is 12.1 Å². The van der Waals surface area contributed by atoms with E-state index in [4.69, 9.17) is 5.11 Å². The van der Waals surface area contributed by atoms with E-state index in [9.17, 15) is 29.1 Å². The number of aromatic carboxylic acids is 1. The van der Waals surface area contributed by atoms with Crippen LogP contribution in [0, 0.1) is 0 Å². The highest BCUT2D eigenvalue weighted by atomic mass is 16.7. The van der Waals surface area contributed by atoms with Gasteiger partial charge in [0, 0.05) is 25.8 Å². The molecule has 1 aromatic carbocycles. The molecule has 1 heterocycles. The summed E-state index contributed by atoms with van der Waals surface area (Å²) < 4.78 is 0. The number of nitrogens with zero attached hydrogens (tertiary/aromatic N) is 1. The van der Waals surface area contributed by atoms with Crippen molar-refractivity contribution >= 4 is 29.7 Å². The molecule has 10 heteroatoms. The number of amides is 3. The van der Waals surface area contributed by atoms with Crippen LogP contribution in [0.5, 0.6) is 5.75 Å². The predicted molar refractivity (Wildman–Crippen MR) is 103 cm³/mol. The summed E-state index contributed by atoms with van der Waals surface area (Å²) in [5.74, 6) is -3.19. The molecule has 1 saturated heterocycles. The number of imide groups is 1. The van der Waals surface area contributed by atoms with Crippen LogP contribution in [0.4, 0.5) is 4.79 Å². The fourth-order valence-corrected chi connectivity index (χ4v) is 2.98. The minimum absolute atomic E-state index is 0.00702. The van der Waals surface area contributed by atoms with Crippen molar-refractivity contribution in [3.63, 3.8) is 0 Å². The molecular weight excluding hydrogens is 396 g/mol. The number of phenols is 1. The average molecular weight is 420 g/mol. The van der Waals surface area contributed by atoms with Crippen LogP contribution in [0.25, 0.3) is 0 Å². The largest absolute Gasteiger partial charge is 0.506 e. The Labute approximate surface area is 172 Å². The summed E-state index contributed by atoms with van der Waals surface area (Å²) >= 11 is 0. The van der Waals surface area contributed by atoms with Crippen LogP contribution < -0.4 is 5.32 Å². The monoisotopic (exact) mass is 420 g/mol.